The molecule has 0 aliphatic carbocycles. The normalized spacial score (nSPS) is 11.9. The molecule has 17 heavy (non-hydrogen) atoms. The maximum absolute atomic E-state index is 11.5. The molecule has 0 aliphatic rings. The summed E-state index contributed by atoms with van der Waals surface area (Å²) in [7, 11) is 0. The maximum atomic E-state index is 11.5. The van der Waals surface area contributed by atoms with Crippen molar-refractivity contribution in [1.29, 1.82) is 0 Å². The van der Waals surface area contributed by atoms with Gasteiger partial charge in [-0.05, 0) is 19.8 Å². The average Bonchev–Trinajstić information content (AvgIpc) is 2.33. The van der Waals surface area contributed by atoms with Crippen LogP contribution in [0.25, 0.3) is 0 Å². The van der Waals surface area contributed by atoms with Gasteiger partial charge >= 0.3 is 0 Å². The van der Waals surface area contributed by atoms with Gasteiger partial charge in [0.25, 0.3) is 0 Å². The number of hydrogen-bond acceptors (Lipinski definition) is 3. The minimum Gasteiger partial charge on any atom is -0.356 e. The largest absolute Gasteiger partial charge is 0.356 e. The summed E-state index contributed by atoms with van der Waals surface area (Å²) < 4.78 is 0. The fraction of sp³-hybridized carbons (Fsp3) is 0.833. The van der Waals surface area contributed by atoms with E-state index in [-0.39, 0.29) is 17.9 Å². The van der Waals surface area contributed by atoms with Crippen LogP contribution in [0.4, 0.5) is 0 Å². The third kappa shape index (κ3) is 8.68. The van der Waals surface area contributed by atoms with E-state index < -0.39 is 0 Å². The number of rotatable bonds is 9. The highest BCUT2D eigenvalue weighted by Gasteiger charge is 2.11. The van der Waals surface area contributed by atoms with Crippen LogP contribution in [0, 0.1) is 0 Å². The molecule has 0 aromatic carbocycles. The zero-order valence-electron chi connectivity index (χ0n) is 11.1. The summed E-state index contributed by atoms with van der Waals surface area (Å²) in [6.07, 6.45) is 2.28. The topological polar surface area (TPSA) is 70.2 Å². The highest BCUT2D eigenvalue weighted by atomic mass is 16.2. The SMILES string of the molecule is CCCNC(=O)CCNC(C)C(=O)NCCC. The van der Waals surface area contributed by atoms with Gasteiger partial charge in [0.05, 0.1) is 6.04 Å². The Kier molecular flexibility index (Phi) is 9.43. The molecule has 0 fully saturated rings. The van der Waals surface area contributed by atoms with Crippen LogP contribution in [0.15, 0.2) is 0 Å². The second-order valence-corrected chi connectivity index (χ2v) is 4.07. The van der Waals surface area contributed by atoms with E-state index in [0.717, 1.165) is 12.8 Å². The molecule has 1 atom stereocenters. The summed E-state index contributed by atoms with van der Waals surface area (Å²) in [5, 5.41) is 8.62. The predicted octanol–water partition coefficient (Wildman–Crippen LogP) is 0.407. The zero-order valence-corrected chi connectivity index (χ0v) is 11.1. The summed E-state index contributed by atoms with van der Waals surface area (Å²) >= 11 is 0. The van der Waals surface area contributed by atoms with Crippen molar-refractivity contribution < 1.29 is 9.59 Å². The highest BCUT2D eigenvalue weighted by Crippen LogP contribution is 1.85. The van der Waals surface area contributed by atoms with Crippen molar-refractivity contribution in [1.82, 2.24) is 16.0 Å². The van der Waals surface area contributed by atoms with E-state index >= 15 is 0 Å². The molecule has 2 amide bonds. The van der Waals surface area contributed by atoms with Crippen LogP contribution in [-0.4, -0.2) is 37.5 Å². The van der Waals surface area contributed by atoms with Crippen LogP contribution in [0.5, 0.6) is 0 Å². The Hall–Kier alpha value is -1.10. The fourth-order valence-electron chi connectivity index (χ4n) is 1.25. The Morgan fingerprint density at radius 3 is 2.18 bits per heavy atom. The Labute approximate surface area is 104 Å². The molecular weight excluding hydrogens is 218 g/mol. The molecule has 0 aliphatic heterocycles. The van der Waals surface area contributed by atoms with Crippen molar-refractivity contribution in [3.8, 4) is 0 Å². The van der Waals surface area contributed by atoms with Gasteiger partial charge in [-0.25, -0.2) is 0 Å². The molecule has 5 nitrogen and oxygen atoms in total. The number of carbonyl (C=O) groups excluding carboxylic acids is 2. The van der Waals surface area contributed by atoms with Crippen LogP contribution >= 0.6 is 0 Å². The summed E-state index contributed by atoms with van der Waals surface area (Å²) in [5.74, 6) is 0.0151. The molecule has 0 aromatic rings. The van der Waals surface area contributed by atoms with Crippen molar-refractivity contribution in [2.24, 2.45) is 0 Å². The summed E-state index contributed by atoms with van der Waals surface area (Å²) in [5.41, 5.74) is 0. The Balaban J connectivity index is 3.59. The van der Waals surface area contributed by atoms with Crippen molar-refractivity contribution in [3.05, 3.63) is 0 Å². The summed E-state index contributed by atoms with van der Waals surface area (Å²) in [4.78, 5) is 22.7. The quantitative estimate of drug-likeness (QED) is 0.549. The van der Waals surface area contributed by atoms with Crippen LogP contribution in [-0.2, 0) is 9.59 Å². The highest BCUT2D eigenvalue weighted by molar-refractivity contribution is 5.81. The predicted molar refractivity (Wildman–Crippen MR) is 68.7 cm³/mol. The van der Waals surface area contributed by atoms with Gasteiger partial charge in [-0.15, -0.1) is 0 Å². The van der Waals surface area contributed by atoms with E-state index in [1.54, 1.807) is 6.92 Å². The van der Waals surface area contributed by atoms with Gasteiger partial charge in [0.1, 0.15) is 0 Å². The minimum atomic E-state index is -0.250. The number of carbonyl (C=O) groups is 2. The molecule has 0 saturated carbocycles. The van der Waals surface area contributed by atoms with Gasteiger partial charge in [-0.3, -0.25) is 9.59 Å². The number of nitrogens with one attached hydrogen (secondary N) is 3. The van der Waals surface area contributed by atoms with Crippen molar-refractivity contribution >= 4 is 11.8 Å². The van der Waals surface area contributed by atoms with E-state index in [1.165, 1.54) is 0 Å². The lowest BCUT2D eigenvalue weighted by Gasteiger charge is -2.13. The van der Waals surface area contributed by atoms with Crippen molar-refractivity contribution in [2.75, 3.05) is 19.6 Å². The van der Waals surface area contributed by atoms with Gasteiger partial charge in [0.15, 0.2) is 0 Å². The number of amides is 2. The molecule has 0 spiro atoms. The average molecular weight is 243 g/mol. The molecule has 3 N–H and O–H groups in total. The second kappa shape index (κ2) is 10.1. The van der Waals surface area contributed by atoms with Crippen molar-refractivity contribution in [3.63, 3.8) is 0 Å². The second-order valence-electron chi connectivity index (χ2n) is 4.07. The third-order valence-corrected chi connectivity index (χ3v) is 2.32. The van der Waals surface area contributed by atoms with Crippen LogP contribution < -0.4 is 16.0 Å². The maximum Gasteiger partial charge on any atom is 0.236 e. The van der Waals surface area contributed by atoms with Gasteiger partial charge < -0.3 is 16.0 Å². The third-order valence-electron chi connectivity index (χ3n) is 2.32. The van der Waals surface area contributed by atoms with E-state index in [2.05, 4.69) is 16.0 Å². The Morgan fingerprint density at radius 1 is 1.00 bits per heavy atom. The van der Waals surface area contributed by atoms with Gasteiger partial charge in [-0.1, -0.05) is 13.8 Å². The molecule has 0 saturated heterocycles. The van der Waals surface area contributed by atoms with E-state index in [9.17, 15) is 9.59 Å². The zero-order chi connectivity index (χ0) is 13.1. The lowest BCUT2D eigenvalue weighted by molar-refractivity contribution is -0.124. The van der Waals surface area contributed by atoms with Gasteiger partial charge in [0.2, 0.25) is 11.8 Å². The first kappa shape index (κ1) is 15.9. The lowest BCUT2D eigenvalue weighted by atomic mass is 10.3. The fourth-order valence-corrected chi connectivity index (χ4v) is 1.25. The standard InChI is InChI=1S/C12H25N3O2/c1-4-7-14-11(16)6-9-13-10(3)12(17)15-8-5-2/h10,13H,4-9H2,1-3H3,(H,14,16)(H,15,17). The molecular formula is C12H25N3O2. The Morgan fingerprint density at radius 2 is 1.59 bits per heavy atom. The molecule has 5 heteroatoms. The molecule has 0 rings (SSSR count). The Bertz CT molecular complexity index is 232. The molecule has 100 valence electrons. The van der Waals surface area contributed by atoms with Gasteiger partial charge in [-0.2, -0.15) is 0 Å². The minimum absolute atomic E-state index is 0.0131. The smallest absolute Gasteiger partial charge is 0.236 e. The van der Waals surface area contributed by atoms with Crippen LogP contribution in [0.2, 0.25) is 0 Å². The first-order valence-corrected chi connectivity index (χ1v) is 6.39. The van der Waals surface area contributed by atoms with E-state index in [4.69, 9.17) is 0 Å². The molecule has 0 bridgehead atoms. The first-order chi connectivity index (χ1) is 8.11. The van der Waals surface area contributed by atoms with Gasteiger partial charge in [0, 0.05) is 26.1 Å². The molecule has 0 radical (unpaired) electrons. The van der Waals surface area contributed by atoms with Crippen molar-refractivity contribution in [2.45, 2.75) is 46.1 Å². The van der Waals surface area contributed by atoms with Crippen LogP contribution in [0.1, 0.15) is 40.0 Å². The first-order valence-electron chi connectivity index (χ1n) is 6.39. The van der Waals surface area contributed by atoms with E-state index in [1.807, 2.05) is 13.8 Å². The summed E-state index contributed by atoms with van der Waals surface area (Å²) in [6, 6.07) is -0.250. The molecule has 0 aromatic heterocycles. The monoisotopic (exact) mass is 243 g/mol. The summed E-state index contributed by atoms with van der Waals surface area (Å²) in [6.45, 7) is 7.76. The van der Waals surface area contributed by atoms with Crippen LogP contribution in [0.3, 0.4) is 0 Å². The number of hydrogen-bond donors (Lipinski definition) is 3. The van der Waals surface area contributed by atoms with E-state index in [0.29, 0.717) is 26.1 Å². The lowest BCUT2D eigenvalue weighted by Crippen LogP contribution is -2.43. The molecule has 1 unspecified atom stereocenters. The molecule has 0 heterocycles.